The molecule has 0 radical (unpaired) electrons. The third kappa shape index (κ3) is 2.08. The number of carbonyl (C=O) groups excluding carboxylic acids is 1. The molecular weight excluding hydrogens is 228 g/mol. The number of carbonyl (C=O) groups is 1. The molecule has 0 aromatic heterocycles. The average Bonchev–Trinajstić information content (AvgIpc) is 2.85. The highest BCUT2D eigenvalue weighted by molar-refractivity contribution is 5.94. The Morgan fingerprint density at radius 2 is 2.33 bits per heavy atom. The van der Waals surface area contributed by atoms with Crippen LogP contribution in [0.2, 0.25) is 0 Å². The Balaban J connectivity index is 1.79. The number of hydrogen-bond donors (Lipinski definition) is 1. The molecule has 0 spiro atoms. The lowest BCUT2D eigenvalue weighted by molar-refractivity contribution is 0.0708. The van der Waals surface area contributed by atoms with Gasteiger partial charge in [0.15, 0.2) is 0 Å². The molecule has 1 aromatic rings. The van der Waals surface area contributed by atoms with E-state index in [0.717, 1.165) is 49.3 Å². The first kappa shape index (κ1) is 11.5. The standard InChI is InChI=1S/C14H18N2O2/c15-12-2-1-6-16(9-12)14(17)11-3-4-13-10(8-11)5-7-18-13/h3-4,8,12H,1-2,5-7,9,15H2/t12-/m1/s1. The monoisotopic (exact) mass is 246 g/mol. The summed E-state index contributed by atoms with van der Waals surface area (Å²) < 4.78 is 5.45. The van der Waals surface area contributed by atoms with Gasteiger partial charge in [-0.15, -0.1) is 0 Å². The molecule has 3 rings (SSSR count). The number of ether oxygens (including phenoxy) is 1. The number of nitrogens with zero attached hydrogens (tertiary/aromatic N) is 1. The zero-order chi connectivity index (χ0) is 12.5. The third-order valence-electron chi connectivity index (χ3n) is 3.68. The summed E-state index contributed by atoms with van der Waals surface area (Å²) in [6, 6.07) is 5.84. The third-order valence-corrected chi connectivity index (χ3v) is 3.68. The highest BCUT2D eigenvalue weighted by atomic mass is 16.5. The van der Waals surface area contributed by atoms with Crippen LogP contribution < -0.4 is 10.5 Å². The molecule has 1 fully saturated rings. The van der Waals surface area contributed by atoms with Gasteiger partial charge in [-0.2, -0.15) is 0 Å². The van der Waals surface area contributed by atoms with Crippen molar-refractivity contribution in [3.8, 4) is 5.75 Å². The van der Waals surface area contributed by atoms with Crippen molar-refractivity contribution in [2.75, 3.05) is 19.7 Å². The topological polar surface area (TPSA) is 55.6 Å². The minimum atomic E-state index is 0.0971. The molecule has 2 aliphatic heterocycles. The zero-order valence-electron chi connectivity index (χ0n) is 10.4. The van der Waals surface area contributed by atoms with Crippen molar-refractivity contribution in [2.45, 2.75) is 25.3 Å². The van der Waals surface area contributed by atoms with Crippen LogP contribution in [0.5, 0.6) is 5.75 Å². The van der Waals surface area contributed by atoms with Gasteiger partial charge in [0.05, 0.1) is 6.61 Å². The molecule has 1 saturated heterocycles. The van der Waals surface area contributed by atoms with Crippen molar-refractivity contribution in [2.24, 2.45) is 5.73 Å². The zero-order valence-corrected chi connectivity index (χ0v) is 10.4. The smallest absolute Gasteiger partial charge is 0.253 e. The number of rotatable bonds is 1. The lowest BCUT2D eigenvalue weighted by atomic mass is 10.0. The predicted molar refractivity (Wildman–Crippen MR) is 68.8 cm³/mol. The molecule has 1 atom stereocenters. The van der Waals surface area contributed by atoms with E-state index >= 15 is 0 Å². The summed E-state index contributed by atoms with van der Waals surface area (Å²) in [6.07, 6.45) is 2.92. The fraction of sp³-hybridized carbons (Fsp3) is 0.500. The van der Waals surface area contributed by atoms with E-state index in [1.165, 1.54) is 0 Å². The normalized spacial score (nSPS) is 22.5. The summed E-state index contributed by atoms with van der Waals surface area (Å²) in [5.41, 5.74) is 7.82. The molecule has 0 aliphatic carbocycles. The fourth-order valence-corrected chi connectivity index (χ4v) is 2.70. The van der Waals surface area contributed by atoms with Crippen LogP contribution in [-0.4, -0.2) is 36.5 Å². The van der Waals surface area contributed by atoms with Crippen LogP contribution in [0.25, 0.3) is 0 Å². The summed E-state index contributed by atoms with van der Waals surface area (Å²) in [6.45, 7) is 2.22. The summed E-state index contributed by atoms with van der Waals surface area (Å²) in [5.74, 6) is 1.02. The molecular formula is C14H18N2O2. The molecule has 2 aliphatic rings. The first-order valence-corrected chi connectivity index (χ1v) is 6.54. The number of piperidine rings is 1. The largest absolute Gasteiger partial charge is 0.493 e. The van der Waals surface area contributed by atoms with Gasteiger partial charge in [-0.25, -0.2) is 0 Å². The number of nitrogens with two attached hydrogens (primary N) is 1. The van der Waals surface area contributed by atoms with Crippen molar-refractivity contribution in [1.82, 2.24) is 4.90 Å². The van der Waals surface area contributed by atoms with E-state index in [4.69, 9.17) is 10.5 Å². The van der Waals surface area contributed by atoms with Crippen LogP contribution in [0.15, 0.2) is 18.2 Å². The van der Waals surface area contributed by atoms with Gasteiger partial charge in [0.1, 0.15) is 5.75 Å². The van der Waals surface area contributed by atoms with Gasteiger partial charge >= 0.3 is 0 Å². The Hall–Kier alpha value is -1.55. The molecule has 2 N–H and O–H groups in total. The van der Waals surface area contributed by atoms with Gasteiger partial charge in [0, 0.05) is 31.1 Å². The molecule has 1 aromatic carbocycles. The van der Waals surface area contributed by atoms with Crippen LogP contribution >= 0.6 is 0 Å². The van der Waals surface area contributed by atoms with E-state index in [0.29, 0.717) is 6.54 Å². The number of fused-ring (bicyclic) bond motifs is 1. The highest BCUT2D eigenvalue weighted by Gasteiger charge is 2.23. The van der Waals surface area contributed by atoms with Gasteiger partial charge in [-0.1, -0.05) is 0 Å². The second-order valence-electron chi connectivity index (χ2n) is 5.07. The summed E-state index contributed by atoms with van der Waals surface area (Å²) in [7, 11) is 0. The molecule has 0 unspecified atom stereocenters. The lowest BCUT2D eigenvalue weighted by Crippen LogP contribution is -2.45. The SMILES string of the molecule is N[C@@H]1CCCN(C(=O)c2ccc3c(c2)CCO3)C1. The quantitative estimate of drug-likeness (QED) is 0.809. The first-order chi connectivity index (χ1) is 8.74. The first-order valence-electron chi connectivity index (χ1n) is 6.54. The Morgan fingerprint density at radius 3 is 3.17 bits per heavy atom. The van der Waals surface area contributed by atoms with Crippen molar-refractivity contribution >= 4 is 5.91 Å². The van der Waals surface area contributed by atoms with Gasteiger partial charge in [-0.3, -0.25) is 4.79 Å². The number of hydrogen-bond acceptors (Lipinski definition) is 3. The molecule has 2 heterocycles. The number of likely N-dealkylation sites (tertiary alicyclic amines) is 1. The van der Waals surface area contributed by atoms with Gasteiger partial charge in [0.25, 0.3) is 5.91 Å². The van der Waals surface area contributed by atoms with E-state index in [1.54, 1.807) is 0 Å². The minimum Gasteiger partial charge on any atom is -0.493 e. The van der Waals surface area contributed by atoms with Crippen molar-refractivity contribution < 1.29 is 9.53 Å². The Bertz CT molecular complexity index is 473. The van der Waals surface area contributed by atoms with Gasteiger partial charge in [0.2, 0.25) is 0 Å². The maximum atomic E-state index is 12.4. The van der Waals surface area contributed by atoms with Crippen molar-refractivity contribution in [3.05, 3.63) is 29.3 Å². The van der Waals surface area contributed by atoms with E-state index in [9.17, 15) is 4.79 Å². The number of amides is 1. The molecule has 0 saturated carbocycles. The summed E-state index contributed by atoms with van der Waals surface area (Å²) in [4.78, 5) is 14.2. The predicted octanol–water partition coefficient (Wildman–Crippen LogP) is 1.18. The Kier molecular flexibility index (Phi) is 2.96. The summed E-state index contributed by atoms with van der Waals surface area (Å²) in [5, 5.41) is 0. The van der Waals surface area contributed by atoms with Crippen LogP contribution in [0.4, 0.5) is 0 Å². The van der Waals surface area contributed by atoms with E-state index in [2.05, 4.69) is 0 Å². The minimum absolute atomic E-state index is 0.0971. The molecule has 4 heteroatoms. The lowest BCUT2D eigenvalue weighted by Gasteiger charge is -2.30. The molecule has 0 bridgehead atoms. The molecule has 18 heavy (non-hydrogen) atoms. The molecule has 4 nitrogen and oxygen atoms in total. The Morgan fingerprint density at radius 1 is 1.44 bits per heavy atom. The van der Waals surface area contributed by atoms with Crippen LogP contribution in [0, 0.1) is 0 Å². The van der Waals surface area contributed by atoms with Gasteiger partial charge < -0.3 is 15.4 Å². The van der Waals surface area contributed by atoms with Gasteiger partial charge in [-0.05, 0) is 36.6 Å². The van der Waals surface area contributed by atoms with Crippen molar-refractivity contribution in [3.63, 3.8) is 0 Å². The van der Waals surface area contributed by atoms with Crippen LogP contribution in [-0.2, 0) is 6.42 Å². The Labute approximate surface area is 107 Å². The maximum Gasteiger partial charge on any atom is 0.253 e. The fourth-order valence-electron chi connectivity index (χ4n) is 2.70. The van der Waals surface area contributed by atoms with Crippen molar-refractivity contribution in [1.29, 1.82) is 0 Å². The maximum absolute atomic E-state index is 12.4. The number of benzene rings is 1. The van der Waals surface area contributed by atoms with E-state index < -0.39 is 0 Å². The van der Waals surface area contributed by atoms with Crippen LogP contribution in [0.3, 0.4) is 0 Å². The van der Waals surface area contributed by atoms with Crippen LogP contribution in [0.1, 0.15) is 28.8 Å². The second kappa shape index (κ2) is 4.61. The van der Waals surface area contributed by atoms with E-state index in [1.807, 2.05) is 23.1 Å². The molecule has 96 valence electrons. The average molecular weight is 246 g/mol. The summed E-state index contributed by atoms with van der Waals surface area (Å²) >= 11 is 0. The van der Waals surface area contributed by atoms with E-state index in [-0.39, 0.29) is 11.9 Å². The second-order valence-corrected chi connectivity index (χ2v) is 5.07. The molecule has 1 amide bonds. The highest BCUT2D eigenvalue weighted by Crippen LogP contribution is 2.26.